The molecule has 0 spiro atoms. The molecular weight excluding hydrogens is 426 g/mol. The number of piperazine rings is 1. The maximum Gasteiger partial charge on any atom is 0.325 e. The Kier molecular flexibility index (Phi) is 6.48. The first-order valence-electron chi connectivity index (χ1n) is 10.9. The van der Waals surface area contributed by atoms with Crippen molar-refractivity contribution in [1.29, 1.82) is 0 Å². The lowest BCUT2D eigenvalue weighted by Gasteiger charge is -2.34. The number of nitrogens with one attached hydrogen (secondary N) is 1. The summed E-state index contributed by atoms with van der Waals surface area (Å²) in [6.07, 6.45) is 4.13. The predicted molar refractivity (Wildman–Crippen MR) is 124 cm³/mol. The van der Waals surface area contributed by atoms with Crippen molar-refractivity contribution in [2.75, 3.05) is 32.7 Å². The molecule has 2 aromatic rings. The molecule has 0 bridgehead atoms. The molecule has 0 aromatic heterocycles. The summed E-state index contributed by atoms with van der Waals surface area (Å²) in [4.78, 5) is 14.3. The first-order chi connectivity index (χ1) is 15.3. The van der Waals surface area contributed by atoms with Crippen LogP contribution in [0.4, 0.5) is 0 Å². The fourth-order valence-corrected chi connectivity index (χ4v) is 6.23. The van der Waals surface area contributed by atoms with E-state index in [0.29, 0.717) is 26.2 Å². The van der Waals surface area contributed by atoms with Crippen molar-refractivity contribution in [3.8, 4) is 0 Å². The van der Waals surface area contributed by atoms with Crippen LogP contribution in [0.2, 0.25) is 0 Å². The van der Waals surface area contributed by atoms with E-state index in [2.05, 4.69) is 21.8 Å². The van der Waals surface area contributed by atoms with E-state index >= 15 is 0 Å². The second kappa shape index (κ2) is 9.15. The van der Waals surface area contributed by atoms with E-state index in [1.807, 2.05) is 60.7 Å². The lowest BCUT2D eigenvalue weighted by molar-refractivity contribution is -0.140. The largest absolute Gasteiger partial charge is 0.480 e. The fourth-order valence-electron chi connectivity index (χ4n) is 4.63. The topological polar surface area (TPSA) is 90.0 Å². The molecule has 3 atom stereocenters. The van der Waals surface area contributed by atoms with Gasteiger partial charge in [-0.1, -0.05) is 79.7 Å². The van der Waals surface area contributed by atoms with Crippen LogP contribution in [-0.4, -0.2) is 67.0 Å². The van der Waals surface area contributed by atoms with Crippen LogP contribution in [0.5, 0.6) is 0 Å². The van der Waals surface area contributed by atoms with Gasteiger partial charge in [0.15, 0.2) is 0 Å². The zero-order valence-corrected chi connectivity index (χ0v) is 18.9. The Hall–Kier alpha value is -2.52. The molecule has 2 N–H and O–H groups in total. The average molecular weight is 456 g/mol. The van der Waals surface area contributed by atoms with Crippen LogP contribution in [0, 0.1) is 5.92 Å². The monoisotopic (exact) mass is 455 g/mol. The van der Waals surface area contributed by atoms with Gasteiger partial charge in [0, 0.05) is 38.6 Å². The summed E-state index contributed by atoms with van der Waals surface area (Å²) in [7, 11) is -3.93. The minimum absolute atomic E-state index is 0.328. The highest BCUT2D eigenvalue weighted by Gasteiger charge is 2.70. The molecule has 0 amide bonds. The smallest absolute Gasteiger partial charge is 0.325 e. The SMILES string of the molecule is C[C@@H]1[C@H](c2ccccc2)[C@]1(NS(=O)(=O)N1CCN(C/C=C/c2ccccc2)CC1)C(=O)O. The van der Waals surface area contributed by atoms with Gasteiger partial charge in [-0.2, -0.15) is 17.4 Å². The van der Waals surface area contributed by atoms with E-state index in [1.54, 1.807) is 6.92 Å². The van der Waals surface area contributed by atoms with Crippen molar-refractivity contribution < 1.29 is 18.3 Å². The first kappa shape index (κ1) is 22.7. The highest BCUT2D eigenvalue weighted by Crippen LogP contribution is 2.57. The Morgan fingerprint density at radius 2 is 1.66 bits per heavy atom. The van der Waals surface area contributed by atoms with Crippen molar-refractivity contribution in [2.45, 2.75) is 18.4 Å². The first-order valence-corrected chi connectivity index (χ1v) is 12.3. The summed E-state index contributed by atoms with van der Waals surface area (Å²) >= 11 is 0. The van der Waals surface area contributed by atoms with Crippen LogP contribution in [0.3, 0.4) is 0 Å². The fraction of sp³-hybridized carbons (Fsp3) is 0.375. The van der Waals surface area contributed by atoms with Crippen LogP contribution in [0.15, 0.2) is 66.7 Å². The van der Waals surface area contributed by atoms with Gasteiger partial charge in [-0.25, -0.2) is 0 Å². The third-order valence-corrected chi connectivity index (χ3v) is 8.20. The number of benzene rings is 2. The van der Waals surface area contributed by atoms with Crippen molar-refractivity contribution in [3.63, 3.8) is 0 Å². The van der Waals surface area contributed by atoms with Gasteiger partial charge in [0.25, 0.3) is 10.2 Å². The Bertz CT molecular complexity index is 1070. The molecule has 0 unspecified atom stereocenters. The van der Waals surface area contributed by atoms with Gasteiger partial charge in [0.05, 0.1) is 0 Å². The van der Waals surface area contributed by atoms with Crippen molar-refractivity contribution in [1.82, 2.24) is 13.9 Å². The molecule has 2 aliphatic rings. The number of carboxylic acid groups (broad SMARTS) is 1. The molecule has 1 saturated carbocycles. The molecule has 1 aliphatic heterocycles. The summed E-state index contributed by atoms with van der Waals surface area (Å²) in [5.41, 5.74) is 0.457. The highest BCUT2D eigenvalue weighted by molar-refractivity contribution is 7.87. The summed E-state index contributed by atoms with van der Waals surface area (Å²) in [6.45, 7) is 4.37. The minimum atomic E-state index is -3.93. The van der Waals surface area contributed by atoms with Gasteiger partial charge in [-0.3, -0.25) is 9.69 Å². The molecule has 1 saturated heterocycles. The summed E-state index contributed by atoms with van der Waals surface area (Å²) in [5.74, 6) is -1.85. The number of nitrogens with zero attached hydrogens (tertiary/aromatic N) is 2. The summed E-state index contributed by atoms with van der Waals surface area (Å²) in [6, 6.07) is 19.3. The lowest BCUT2D eigenvalue weighted by atomic mass is 10.1. The Morgan fingerprint density at radius 1 is 1.06 bits per heavy atom. The predicted octanol–water partition coefficient (Wildman–Crippen LogP) is 2.41. The molecule has 32 heavy (non-hydrogen) atoms. The number of carbonyl (C=O) groups is 1. The molecule has 2 fully saturated rings. The molecule has 1 heterocycles. The van der Waals surface area contributed by atoms with Crippen LogP contribution >= 0.6 is 0 Å². The van der Waals surface area contributed by atoms with Gasteiger partial charge < -0.3 is 5.11 Å². The number of hydrogen-bond donors (Lipinski definition) is 2. The van der Waals surface area contributed by atoms with Crippen LogP contribution < -0.4 is 4.72 Å². The van der Waals surface area contributed by atoms with Gasteiger partial charge in [0.1, 0.15) is 5.54 Å². The van der Waals surface area contributed by atoms with Gasteiger partial charge in [-0.15, -0.1) is 0 Å². The van der Waals surface area contributed by atoms with Crippen LogP contribution in [-0.2, 0) is 15.0 Å². The Balaban J connectivity index is 1.37. The van der Waals surface area contributed by atoms with Gasteiger partial charge >= 0.3 is 5.97 Å². The average Bonchev–Trinajstić information content (AvgIpc) is 3.39. The van der Waals surface area contributed by atoms with Gasteiger partial charge in [0.2, 0.25) is 0 Å². The molecule has 7 nitrogen and oxygen atoms in total. The molecule has 8 heteroatoms. The Labute approximate surface area is 189 Å². The summed E-state index contributed by atoms with van der Waals surface area (Å²) in [5, 5.41) is 9.94. The zero-order valence-electron chi connectivity index (χ0n) is 18.1. The van der Waals surface area contributed by atoms with E-state index in [0.717, 1.165) is 17.7 Å². The normalized spacial score (nSPS) is 26.9. The number of carboxylic acids is 1. The zero-order chi connectivity index (χ0) is 22.8. The number of hydrogen-bond acceptors (Lipinski definition) is 4. The number of rotatable bonds is 8. The lowest BCUT2D eigenvalue weighted by Crippen LogP contribution is -2.56. The van der Waals surface area contributed by atoms with Crippen molar-refractivity contribution in [2.24, 2.45) is 5.92 Å². The molecular formula is C24H29N3O4S. The summed E-state index contributed by atoms with van der Waals surface area (Å²) < 4.78 is 30.1. The standard InChI is InChI=1S/C24H29N3O4S/c1-19-22(21-12-6-3-7-13-21)24(19,23(28)29)25-32(30,31)27-17-15-26(16-18-27)14-8-11-20-9-4-2-5-10-20/h2-13,19,22,25H,14-18H2,1H3,(H,28,29)/b11-8+/t19-,22-,24+/m1/s1. The third-order valence-electron chi connectivity index (χ3n) is 6.55. The number of aliphatic carboxylic acids is 1. The molecule has 4 rings (SSSR count). The highest BCUT2D eigenvalue weighted by atomic mass is 32.2. The van der Waals surface area contributed by atoms with E-state index < -0.39 is 21.7 Å². The molecule has 1 aliphatic carbocycles. The third kappa shape index (κ3) is 4.49. The van der Waals surface area contributed by atoms with Crippen molar-refractivity contribution >= 4 is 22.3 Å². The second-order valence-corrected chi connectivity index (χ2v) is 10.1. The molecule has 0 radical (unpaired) electrons. The van der Waals surface area contributed by atoms with Gasteiger partial charge in [-0.05, 0) is 17.0 Å². The second-order valence-electron chi connectivity index (χ2n) is 8.47. The van der Waals surface area contributed by atoms with E-state index in [1.165, 1.54) is 4.31 Å². The van der Waals surface area contributed by atoms with Crippen LogP contribution in [0.25, 0.3) is 6.08 Å². The maximum atomic E-state index is 13.1. The maximum absolute atomic E-state index is 13.1. The van der Waals surface area contributed by atoms with E-state index in [4.69, 9.17) is 0 Å². The van der Waals surface area contributed by atoms with E-state index in [9.17, 15) is 18.3 Å². The molecule has 170 valence electrons. The Morgan fingerprint density at radius 3 is 2.25 bits per heavy atom. The molecule has 2 aromatic carbocycles. The van der Waals surface area contributed by atoms with Crippen LogP contribution in [0.1, 0.15) is 24.0 Å². The minimum Gasteiger partial charge on any atom is -0.480 e. The van der Waals surface area contributed by atoms with E-state index in [-0.39, 0.29) is 11.8 Å². The quantitative estimate of drug-likeness (QED) is 0.638. The van der Waals surface area contributed by atoms with Crippen molar-refractivity contribution in [3.05, 3.63) is 77.9 Å².